The summed E-state index contributed by atoms with van der Waals surface area (Å²) in [4.78, 5) is 13.7. The van der Waals surface area contributed by atoms with E-state index in [9.17, 15) is 4.79 Å². The van der Waals surface area contributed by atoms with E-state index in [1.54, 1.807) is 22.2 Å². The largest absolute Gasteiger partial charge is 0.381 e. The zero-order chi connectivity index (χ0) is 17.9. The average molecular weight is 447 g/mol. The van der Waals surface area contributed by atoms with Crippen LogP contribution in [0.1, 0.15) is 47.3 Å². The molecule has 2 atom stereocenters. The second-order valence-corrected chi connectivity index (χ2v) is 8.13. The number of carbonyl (C=O) groups is 1. The lowest BCUT2D eigenvalue weighted by molar-refractivity contribution is 0.0662. The van der Waals surface area contributed by atoms with E-state index in [0.717, 1.165) is 43.5 Å². The molecule has 1 aliphatic heterocycles. The highest BCUT2D eigenvalue weighted by molar-refractivity contribution is 7.10. The van der Waals surface area contributed by atoms with Crippen molar-refractivity contribution < 1.29 is 9.53 Å². The maximum absolute atomic E-state index is 12.4. The van der Waals surface area contributed by atoms with E-state index in [2.05, 4.69) is 15.7 Å². The molecule has 2 fully saturated rings. The summed E-state index contributed by atoms with van der Waals surface area (Å²) in [5, 5.41) is 12.8. The summed E-state index contributed by atoms with van der Waals surface area (Å²) in [7, 11) is 0. The van der Waals surface area contributed by atoms with Gasteiger partial charge in [-0.3, -0.25) is 9.48 Å². The van der Waals surface area contributed by atoms with Gasteiger partial charge in [-0.2, -0.15) is 5.10 Å². The molecule has 156 valence electrons. The number of ether oxygens (including phenoxy) is 1. The van der Waals surface area contributed by atoms with Gasteiger partial charge in [-0.1, -0.05) is 0 Å². The number of hydrogen-bond donors (Lipinski definition) is 2. The van der Waals surface area contributed by atoms with Crippen LogP contribution in [0.2, 0.25) is 0 Å². The number of nitrogens with one attached hydrogen (secondary N) is 2. The second-order valence-electron chi connectivity index (χ2n) is 7.19. The van der Waals surface area contributed by atoms with E-state index in [-0.39, 0.29) is 30.7 Å². The molecule has 9 heteroatoms. The van der Waals surface area contributed by atoms with Crippen LogP contribution in [-0.4, -0.2) is 41.5 Å². The molecule has 2 aromatic rings. The molecule has 1 saturated heterocycles. The van der Waals surface area contributed by atoms with E-state index in [1.807, 2.05) is 24.6 Å². The Kier molecular flexibility index (Phi) is 8.77. The first kappa shape index (κ1) is 23.2. The SMILES string of the molecule is CCn1cc(NC(=O)c2csc([C@@H]3C[C@H]3NCC3CCOCC3)c2)cn1.Cl.Cl. The molecule has 1 aliphatic carbocycles. The molecule has 2 aliphatic rings. The number of thiophene rings is 1. The fourth-order valence-corrected chi connectivity index (χ4v) is 4.54. The molecule has 0 aromatic carbocycles. The molecule has 0 unspecified atom stereocenters. The van der Waals surface area contributed by atoms with E-state index >= 15 is 0 Å². The monoisotopic (exact) mass is 446 g/mol. The minimum absolute atomic E-state index is 0. The molecule has 0 spiro atoms. The molecule has 3 heterocycles. The maximum Gasteiger partial charge on any atom is 0.256 e. The number of anilines is 1. The Hall–Kier alpha value is -1.12. The summed E-state index contributed by atoms with van der Waals surface area (Å²) in [5.74, 6) is 1.25. The standard InChI is InChI=1S/C19H26N4O2S.2ClH/c1-2-23-11-15(10-21-23)22-19(24)14-7-18(26-12-14)16-8-17(16)20-9-13-3-5-25-6-4-13;;/h7,10-13,16-17,20H,2-6,8-9H2,1H3,(H,22,24);2*1H/t16-,17-;;/m1../s1. The van der Waals surface area contributed by atoms with E-state index < -0.39 is 0 Å². The predicted molar refractivity (Wildman–Crippen MR) is 117 cm³/mol. The Labute approximate surface area is 182 Å². The molecular weight excluding hydrogens is 419 g/mol. The van der Waals surface area contributed by atoms with E-state index in [4.69, 9.17) is 4.74 Å². The van der Waals surface area contributed by atoms with Gasteiger partial charge in [0, 0.05) is 48.2 Å². The van der Waals surface area contributed by atoms with Crippen molar-refractivity contribution in [3.05, 3.63) is 34.3 Å². The number of aromatic nitrogens is 2. The summed E-state index contributed by atoms with van der Waals surface area (Å²) in [6.07, 6.45) is 7.05. The third kappa shape index (κ3) is 5.70. The summed E-state index contributed by atoms with van der Waals surface area (Å²) >= 11 is 1.69. The molecule has 6 nitrogen and oxygen atoms in total. The van der Waals surface area contributed by atoms with Crippen molar-refractivity contribution in [2.75, 3.05) is 25.1 Å². The molecule has 2 aromatic heterocycles. The van der Waals surface area contributed by atoms with Crippen molar-refractivity contribution in [3.8, 4) is 0 Å². The van der Waals surface area contributed by atoms with Crippen LogP contribution >= 0.6 is 36.2 Å². The van der Waals surface area contributed by atoms with Crippen molar-refractivity contribution in [1.29, 1.82) is 0 Å². The predicted octanol–water partition coefficient (Wildman–Crippen LogP) is 3.93. The normalized spacial score (nSPS) is 21.5. The first-order valence-electron chi connectivity index (χ1n) is 9.46. The lowest BCUT2D eigenvalue weighted by Gasteiger charge is -2.22. The molecule has 1 amide bonds. The van der Waals surface area contributed by atoms with Crippen LogP contribution < -0.4 is 10.6 Å². The van der Waals surface area contributed by atoms with E-state index in [0.29, 0.717) is 12.0 Å². The van der Waals surface area contributed by atoms with Gasteiger partial charge in [-0.15, -0.1) is 36.2 Å². The first-order valence-corrected chi connectivity index (χ1v) is 10.3. The number of hydrogen-bond acceptors (Lipinski definition) is 5. The highest BCUT2D eigenvalue weighted by Gasteiger charge is 2.39. The highest BCUT2D eigenvalue weighted by atomic mass is 35.5. The number of carbonyl (C=O) groups excluding carboxylic acids is 1. The van der Waals surface area contributed by atoms with Crippen LogP contribution in [0, 0.1) is 5.92 Å². The number of nitrogens with zero attached hydrogens (tertiary/aromatic N) is 2. The molecule has 4 rings (SSSR count). The Balaban J connectivity index is 0.00000140. The average Bonchev–Trinajstić information content (AvgIpc) is 3.07. The van der Waals surface area contributed by atoms with Gasteiger partial charge in [-0.05, 0) is 44.7 Å². The lowest BCUT2D eigenvalue weighted by Crippen LogP contribution is -2.29. The van der Waals surface area contributed by atoms with Crippen LogP contribution in [0.15, 0.2) is 23.8 Å². The van der Waals surface area contributed by atoms with Gasteiger partial charge in [0.25, 0.3) is 5.91 Å². The van der Waals surface area contributed by atoms with E-state index in [1.165, 1.54) is 24.1 Å². The Morgan fingerprint density at radius 3 is 2.86 bits per heavy atom. The third-order valence-electron chi connectivity index (χ3n) is 5.26. The quantitative estimate of drug-likeness (QED) is 0.675. The van der Waals surface area contributed by atoms with Gasteiger partial charge in [0.1, 0.15) is 0 Å². The molecular formula is C19H28Cl2N4O2S. The molecule has 28 heavy (non-hydrogen) atoms. The fourth-order valence-electron chi connectivity index (χ4n) is 3.47. The van der Waals surface area contributed by atoms with Gasteiger partial charge in [0.15, 0.2) is 0 Å². The molecule has 0 bridgehead atoms. The summed E-state index contributed by atoms with van der Waals surface area (Å²) in [6.45, 7) is 5.71. The van der Waals surface area contributed by atoms with Crippen molar-refractivity contribution in [2.45, 2.75) is 44.7 Å². The van der Waals surface area contributed by atoms with Gasteiger partial charge in [0.05, 0.1) is 17.4 Å². The van der Waals surface area contributed by atoms with Crippen LogP contribution in [0.4, 0.5) is 5.69 Å². The van der Waals surface area contributed by atoms with Gasteiger partial charge in [0.2, 0.25) is 0 Å². The van der Waals surface area contributed by atoms with Gasteiger partial charge in [-0.25, -0.2) is 0 Å². The summed E-state index contributed by atoms with van der Waals surface area (Å²) in [5.41, 5.74) is 1.48. The molecule has 0 radical (unpaired) electrons. The number of aryl methyl sites for hydroxylation is 1. The van der Waals surface area contributed by atoms with Gasteiger partial charge < -0.3 is 15.4 Å². The van der Waals surface area contributed by atoms with Crippen LogP contribution in [0.5, 0.6) is 0 Å². The molecule has 1 saturated carbocycles. The van der Waals surface area contributed by atoms with Crippen molar-refractivity contribution >= 4 is 47.7 Å². The minimum atomic E-state index is -0.0597. The van der Waals surface area contributed by atoms with Crippen molar-refractivity contribution in [3.63, 3.8) is 0 Å². The Morgan fingerprint density at radius 1 is 1.36 bits per heavy atom. The zero-order valence-electron chi connectivity index (χ0n) is 15.9. The van der Waals surface area contributed by atoms with Crippen LogP contribution in [-0.2, 0) is 11.3 Å². The Morgan fingerprint density at radius 2 is 2.14 bits per heavy atom. The minimum Gasteiger partial charge on any atom is -0.381 e. The number of amides is 1. The van der Waals surface area contributed by atoms with Crippen LogP contribution in [0.25, 0.3) is 0 Å². The van der Waals surface area contributed by atoms with Crippen molar-refractivity contribution in [2.24, 2.45) is 5.92 Å². The van der Waals surface area contributed by atoms with Crippen LogP contribution in [0.3, 0.4) is 0 Å². The molecule has 2 N–H and O–H groups in total. The topological polar surface area (TPSA) is 68.2 Å². The number of halogens is 2. The lowest BCUT2D eigenvalue weighted by atomic mass is 10.0. The second kappa shape index (κ2) is 10.6. The first-order chi connectivity index (χ1) is 12.7. The van der Waals surface area contributed by atoms with Gasteiger partial charge >= 0.3 is 0 Å². The zero-order valence-corrected chi connectivity index (χ0v) is 18.4. The fraction of sp³-hybridized carbons (Fsp3) is 0.579. The maximum atomic E-state index is 12.4. The summed E-state index contributed by atoms with van der Waals surface area (Å²) in [6, 6.07) is 2.61. The Bertz CT molecular complexity index is 761. The summed E-state index contributed by atoms with van der Waals surface area (Å²) < 4.78 is 7.22. The number of rotatable bonds is 7. The van der Waals surface area contributed by atoms with Crippen molar-refractivity contribution in [1.82, 2.24) is 15.1 Å². The highest BCUT2D eigenvalue weighted by Crippen LogP contribution is 2.43. The third-order valence-corrected chi connectivity index (χ3v) is 6.33. The smallest absolute Gasteiger partial charge is 0.256 e.